The number of benzene rings is 1. The zero-order valence-electron chi connectivity index (χ0n) is 9.89. The Balaban J connectivity index is 3.35. The second-order valence-electron chi connectivity index (χ2n) is 3.59. The quantitative estimate of drug-likeness (QED) is 0.711. The summed E-state index contributed by atoms with van der Waals surface area (Å²) in [6.45, 7) is 6.27. The molecule has 0 heterocycles. The summed E-state index contributed by atoms with van der Waals surface area (Å²) < 4.78 is 4.78. The molecule has 0 aromatic heterocycles. The minimum atomic E-state index is -0.235. The largest absolute Gasteiger partial charge is 0.465 e. The van der Waals surface area contributed by atoms with E-state index in [0.717, 1.165) is 18.4 Å². The fraction of sp³-hybridized carbons (Fsp3) is 0.462. The molecule has 0 unspecified atom stereocenters. The number of ether oxygens (including phenoxy) is 1. The number of esters is 1. The molecule has 0 N–H and O–H groups in total. The molecule has 0 saturated heterocycles. The van der Waals surface area contributed by atoms with Gasteiger partial charge in [-0.05, 0) is 42.5 Å². The number of rotatable bonds is 3. The number of methoxy groups -OCH3 is 1. The van der Waals surface area contributed by atoms with Crippen LogP contribution in [0.5, 0.6) is 0 Å². The molecule has 82 valence electrons. The summed E-state index contributed by atoms with van der Waals surface area (Å²) in [6.07, 6.45) is 1.83. The Morgan fingerprint density at radius 3 is 2.27 bits per heavy atom. The normalized spacial score (nSPS) is 10.1. The van der Waals surface area contributed by atoms with Crippen LogP contribution in [0.2, 0.25) is 0 Å². The van der Waals surface area contributed by atoms with Crippen molar-refractivity contribution in [3.05, 3.63) is 34.4 Å². The topological polar surface area (TPSA) is 26.3 Å². The lowest BCUT2D eigenvalue weighted by Gasteiger charge is -2.13. The van der Waals surface area contributed by atoms with Gasteiger partial charge in [0.2, 0.25) is 0 Å². The highest BCUT2D eigenvalue weighted by molar-refractivity contribution is 5.91. The van der Waals surface area contributed by atoms with Crippen LogP contribution < -0.4 is 0 Å². The van der Waals surface area contributed by atoms with Crippen LogP contribution >= 0.6 is 0 Å². The molecule has 0 aliphatic rings. The van der Waals surface area contributed by atoms with Crippen molar-refractivity contribution >= 4 is 5.97 Å². The van der Waals surface area contributed by atoms with Crippen LogP contribution in [0.3, 0.4) is 0 Å². The molecule has 0 aliphatic heterocycles. The van der Waals surface area contributed by atoms with Crippen molar-refractivity contribution in [2.24, 2.45) is 0 Å². The third-order valence-corrected chi connectivity index (χ3v) is 2.78. The van der Waals surface area contributed by atoms with Crippen molar-refractivity contribution in [1.29, 1.82) is 0 Å². The van der Waals surface area contributed by atoms with Crippen LogP contribution in [0.4, 0.5) is 0 Å². The minimum absolute atomic E-state index is 0.235. The Labute approximate surface area is 91.3 Å². The van der Waals surface area contributed by atoms with E-state index in [-0.39, 0.29) is 5.97 Å². The van der Waals surface area contributed by atoms with E-state index in [2.05, 4.69) is 20.8 Å². The van der Waals surface area contributed by atoms with Crippen molar-refractivity contribution in [1.82, 2.24) is 0 Å². The number of carbonyl (C=O) groups excluding carboxylic acids is 1. The van der Waals surface area contributed by atoms with E-state index in [1.165, 1.54) is 18.2 Å². The van der Waals surface area contributed by atoms with Crippen molar-refractivity contribution in [2.45, 2.75) is 33.6 Å². The van der Waals surface area contributed by atoms with Gasteiger partial charge >= 0.3 is 5.97 Å². The van der Waals surface area contributed by atoms with Gasteiger partial charge in [-0.15, -0.1) is 0 Å². The van der Waals surface area contributed by atoms with Crippen LogP contribution in [0.15, 0.2) is 12.1 Å². The number of hydrogen-bond donors (Lipinski definition) is 0. The van der Waals surface area contributed by atoms with E-state index >= 15 is 0 Å². The van der Waals surface area contributed by atoms with E-state index in [0.29, 0.717) is 5.56 Å². The molecule has 0 radical (unpaired) electrons. The molecule has 0 bridgehead atoms. The molecule has 0 amide bonds. The standard InChI is InChI=1S/C13H18O2/c1-5-10-9(3)7-8-12(11(10)6-2)13(14)15-4/h7-8H,5-6H2,1-4H3. The first kappa shape index (κ1) is 11.8. The summed E-state index contributed by atoms with van der Waals surface area (Å²) in [4.78, 5) is 11.6. The van der Waals surface area contributed by atoms with Gasteiger partial charge in [0.25, 0.3) is 0 Å². The summed E-state index contributed by atoms with van der Waals surface area (Å²) in [5.41, 5.74) is 4.37. The van der Waals surface area contributed by atoms with Crippen molar-refractivity contribution < 1.29 is 9.53 Å². The van der Waals surface area contributed by atoms with Crippen LogP contribution in [0.25, 0.3) is 0 Å². The Bertz CT molecular complexity index is 367. The molecular formula is C13H18O2. The van der Waals surface area contributed by atoms with Crippen LogP contribution in [-0.2, 0) is 17.6 Å². The molecule has 0 saturated carbocycles. The van der Waals surface area contributed by atoms with Crippen molar-refractivity contribution in [3.63, 3.8) is 0 Å². The number of aryl methyl sites for hydroxylation is 1. The third-order valence-electron chi connectivity index (χ3n) is 2.78. The molecule has 2 heteroatoms. The lowest BCUT2D eigenvalue weighted by Crippen LogP contribution is -2.08. The van der Waals surface area contributed by atoms with E-state index in [1.807, 2.05) is 12.1 Å². The fourth-order valence-corrected chi connectivity index (χ4v) is 2.01. The SMILES string of the molecule is CCc1c(C)ccc(C(=O)OC)c1CC. The summed E-state index contributed by atoms with van der Waals surface area (Å²) in [6, 6.07) is 3.85. The van der Waals surface area contributed by atoms with Gasteiger partial charge < -0.3 is 4.74 Å². The van der Waals surface area contributed by atoms with Crippen LogP contribution in [-0.4, -0.2) is 13.1 Å². The minimum Gasteiger partial charge on any atom is -0.465 e. The van der Waals surface area contributed by atoms with Gasteiger partial charge in [0.15, 0.2) is 0 Å². The molecule has 15 heavy (non-hydrogen) atoms. The zero-order chi connectivity index (χ0) is 11.4. The van der Waals surface area contributed by atoms with Crippen LogP contribution in [0, 0.1) is 6.92 Å². The maximum absolute atomic E-state index is 11.6. The molecule has 1 rings (SSSR count). The van der Waals surface area contributed by atoms with Gasteiger partial charge in [-0.3, -0.25) is 0 Å². The second-order valence-corrected chi connectivity index (χ2v) is 3.59. The summed E-state index contributed by atoms with van der Waals surface area (Å²) >= 11 is 0. The predicted molar refractivity (Wildman–Crippen MR) is 61.3 cm³/mol. The third kappa shape index (κ3) is 2.20. The lowest BCUT2D eigenvalue weighted by atomic mass is 9.93. The smallest absolute Gasteiger partial charge is 0.338 e. The first-order valence-electron chi connectivity index (χ1n) is 5.35. The van der Waals surface area contributed by atoms with Crippen molar-refractivity contribution in [2.75, 3.05) is 7.11 Å². The number of carbonyl (C=O) groups is 1. The monoisotopic (exact) mass is 206 g/mol. The molecule has 2 nitrogen and oxygen atoms in total. The van der Waals surface area contributed by atoms with E-state index in [9.17, 15) is 4.79 Å². The zero-order valence-corrected chi connectivity index (χ0v) is 9.89. The number of hydrogen-bond acceptors (Lipinski definition) is 2. The highest BCUT2D eigenvalue weighted by Gasteiger charge is 2.14. The molecule has 0 spiro atoms. The first-order chi connectivity index (χ1) is 7.15. The van der Waals surface area contributed by atoms with Crippen molar-refractivity contribution in [3.8, 4) is 0 Å². The average molecular weight is 206 g/mol. The molecule has 0 aliphatic carbocycles. The fourth-order valence-electron chi connectivity index (χ4n) is 2.01. The summed E-state index contributed by atoms with van der Waals surface area (Å²) in [5.74, 6) is -0.235. The van der Waals surface area contributed by atoms with E-state index < -0.39 is 0 Å². The first-order valence-corrected chi connectivity index (χ1v) is 5.35. The highest BCUT2D eigenvalue weighted by atomic mass is 16.5. The second kappa shape index (κ2) is 4.96. The van der Waals surface area contributed by atoms with Gasteiger partial charge in [0.1, 0.15) is 0 Å². The van der Waals surface area contributed by atoms with Gasteiger partial charge in [-0.1, -0.05) is 19.9 Å². The Kier molecular flexibility index (Phi) is 3.89. The van der Waals surface area contributed by atoms with Gasteiger partial charge in [0, 0.05) is 0 Å². The van der Waals surface area contributed by atoms with Gasteiger partial charge in [-0.25, -0.2) is 4.79 Å². The van der Waals surface area contributed by atoms with E-state index in [4.69, 9.17) is 4.74 Å². The molecule has 1 aromatic carbocycles. The molecular weight excluding hydrogens is 188 g/mol. The van der Waals surface area contributed by atoms with E-state index in [1.54, 1.807) is 0 Å². The maximum atomic E-state index is 11.6. The summed E-state index contributed by atoms with van der Waals surface area (Å²) in [5, 5.41) is 0. The highest BCUT2D eigenvalue weighted by Crippen LogP contribution is 2.21. The predicted octanol–water partition coefficient (Wildman–Crippen LogP) is 2.91. The van der Waals surface area contributed by atoms with Gasteiger partial charge in [0.05, 0.1) is 12.7 Å². The van der Waals surface area contributed by atoms with Gasteiger partial charge in [-0.2, -0.15) is 0 Å². The Hall–Kier alpha value is -1.31. The molecule has 0 atom stereocenters. The molecule has 1 aromatic rings. The Morgan fingerprint density at radius 1 is 1.20 bits per heavy atom. The average Bonchev–Trinajstić information content (AvgIpc) is 2.27. The Morgan fingerprint density at radius 2 is 1.80 bits per heavy atom. The maximum Gasteiger partial charge on any atom is 0.338 e. The lowest BCUT2D eigenvalue weighted by molar-refractivity contribution is 0.0599. The molecule has 0 fully saturated rings. The summed E-state index contributed by atoms with van der Waals surface area (Å²) in [7, 11) is 1.42. The van der Waals surface area contributed by atoms with Crippen LogP contribution in [0.1, 0.15) is 40.9 Å².